The first-order valence-corrected chi connectivity index (χ1v) is 9.92. The third kappa shape index (κ3) is 6.76. The molecule has 0 saturated carbocycles. The Balaban J connectivity index is 1.64. The lowest BCUT2D eigenvalue weighted by Gasteiger charge is -2.17. The molecule has 0 unspecified atom stereocenters. The van der Waals surface area contributed by atoms with E-state index in [0.29, 0.717) is 11.5 Å². The number of ether oxygens (including phenoxy) is 6. The second-order valence-electron chi connectivity index (χ2n) is 6.52. The maximum atomic E-state index is 11.1. The van der Waals surface area contributed by atoms with Gasteiger partial charge in [0.25, 0.3) is 0 Å². The van der Waals surface area contributed by atoms with Gasteiger partial charge in [-0.05, 0) is 36.4 Å². The van der Waals surface area contributed by atoms with E-state index in [4.69, 9.17) is 28.4 Å². The molecule has 0 bridgehead atoms. The standard InChI is InChI=1S/C22H24O10/c23-21(24)15-1-3-17-19(13-15)31-11-7-28-8-12-32-20-14-16(22(25)26)2-4-18(20)30-10-6-27-5-9-29-17/h1-4,13-14H,5-12H2,(H,23,24)(H,25,26)/p-2. The van der Waals surface area contributed by atoms with Crippen LogP contribution in [0.4, 0.5) is 0 Å². The van der Waals surface area contributed by atoms with Crippen molar-refractivity contribution in [3.05, 3.63) is 47.5 Å². The smallest absolute Gasteiger partial charge is 0.161 e. The van der Waals surface area contributed by atoms with Gasteiger partial charge in [0.05, 0.1) is 38.4 Å². The van der Waals surface area contributed by atoms with Gasteiger partial charge in [-0.2, -0.15) is 0 Å². The van der Waals surface area contributed by atoms with Crippen molar-refractivity contribution < 1.29 is 48.2 Å². The predicted octanol–water partition coefficient (Wildman–Crippen LogP) is -0.324. The van der Waals surface area contributed by atoms with Crippen molar-refractivity contribution in [2.45, 2.75) is 0 Å². The molecular weight excluding hydrogens is 424 g/mol. The molecule has 0 radical (unpaired) electrons. The van der Waals surface area contributed by atoms with Crippen molar-refractivity contribution in [2.75, 3.05) is 52.9 Å². The minimum atomic E-state index is -1.32. The van der Waals surface area contributed by atoms with E-state index in [9.17, 15) is 19.8 Å². The Morgan fingerprint density at radius 3 is 1.22 bits per heavy atom. The monoisotopic (exact) mass is 446 g/mol. The number of fused-ring (bicyclic) bond motifs is 2. The molecule has 3 rings (SSSR count). The van der Waals surface area contributed by atoms with Crippen molar-refractivity contribution in [3.63, 3.8) is 0 Å². The highest BCUT2D eigenvalue weighted by molar-refractivity contribution is 5.87. The molecule has 0 fully saturated rings. The van der Waals surface area contributed by atoms with E-state index in [1.54, 1.807) is 0 Å². The van der Waals surface area contributed by atoms with Crippen LogP contribution in [0, 0.1) is 0 Å². The largest absolute Gasteiger partial charge is 0.545 e. The summed E-state index contributed by atoms with van der Waals surface area (Å²) in [7, 11) is 0. The molecule has 1 aliphatic rings. The molecule has 0 aromatic heterocycles. The number of carboxylic acids is 2. The summed E-state index contributed by atoms with van der Waals surface area (Å²) in [6.07, 6.45) is 0. The van der Waals surface area contributed by atoms with Gasteiger partial charge in [0.1, 0.15) is 26.4 Å². The number of aromatic carboxylic acids is 2. The molecule has 10 heteroatoms. The molecule has 0 spiro atoms. The molecule has 1 heterocycles. The first-order chi connectivity index (χ1) is 15.5. The van der Waals surface area contributed by atoms with E-state index in [1.165, 1.54) is 36.4 Å². The van der Waals surface area contributed by atoms with E-state index < -0.39 is 11.9 Å². The normalized spacial score (nSPS) is 15.8. The molecule has 0 saturated heterocycles. The summed E-state index contributed by atoms with van der Waals surface area (Å²) < 4.78 is 33.4. The lowest BCUT2D eigenvalue weighted by molar-refractivity contribution is -0.256. The minimum Gasteiger partial charge on any atom is -0.545 e. The molecule has 1 aliphatic heterocycles. The van der Waals surface area contributed by atoms with Gasteiger partial charge in [0, 0.05) is 11.1 Å². The van der Waals surface area contributed by atoms with Crippen molar-refractivity contribution in [2.24, 2.45) is 0 Å². The Bertz CT molecular complexity index is 853. The topological polar surface area (TPSA) is 136 Å². The Morgan fingerprint density at radius 1 is 0.531 bits per heavy atom. The third-order valence-electron chi connectivity index (χ3n) is 4.30. The van der Waals surface area contributed by atoms with Gasteiger partial charge >= 0.3 is 0 Å². The van der Waals surface area contributed by atoms with Gasteiger partial charge in [-0.15, -0.1) is 0 Å². The Morgan fingerprint density at radius 2 is 0.875 bits per heavy atom. The number of carboxylic acid groups (broad SMARTS) is 2. The van der Waals surface area contributed by atoms with Crippen molar-refractivity contribution in [3.8, 4) is 23.0 Å². The summed E-state index contributed by atoms with van der Waals surface area (Å²) in [6, 6.07) is 8.38. The van der Waals surface area contributed by atoms with Gasteiger partial charge in [-0.3, -0.25) is 0 Å². The van der Waals surface area contributed by atoms with E-state index in [1.807, 2.05) is 0 Å². The molecule has 172 valence electrons. The number of hydrogen-bond donors (Lipinski definition) is 0. The summed E-state index contributed by atoms with van der Waals surface area (Å²) >= 11 is 0. The minimum absolute atomic E-state index is 0.0354. The zero-order valence-corrected chi connectivity index (χ0v) is 17.2. The summed E-state index contributed by atoms with van der Waals surface area (Å²) in [5.74, 6) is -1.40. The van der Waals surface area contributed by atoms with Crippen LogP contribution in [0.25, 0.3) is 0 Å². The van der Waals surface area contributed by atoms with Crippen LogP contribution in [0.2, 0.25) is 0 Å². The van der Waals surface area contributed by atoms with Crippen LogP contribution < -0.4 is 29.2 Å². The van der Waals surface area contributed by atoms with Gasteiger partial charge in [0.2, 0.25) is 0 Å². The summed E-state index contributed by atoms with van der Waals surface area (Å²) in [5.41, 5.74) is -0.0707. The highest BCUT2D eigenvalue weighted by Crippen LogP contribution is 2.29. The van der Waals surface area contributed by atoms with Crippen LogP contribution in [0.3, 0.4) is 0 Å². The first-order valence-electron chi connectivity index (χ1n) is 9.92. The lowest BCUT2D eigenvalue weighted by Crippen LogP contribution is -2.22. The second-order valence-corrected chi connectivity index (χ2v) is 6.52. The summed E-state index contributed by atoms with van der Waals surface area (Å²) in [5, 5.41) is 22.2. The number of carbonyl (C=O) groups is 2. The van der Waals surface area contributed by atoms with Gasteiger partial charge < -0.3 is 48.2 Å². The molecule has 0 atom stereocenters. The van der Waals surface area contributed by atoms with Crippen LogP contribution in [0.5, 0.6) is 23.0 Å². The number of hydrogen-bond acceptors (Lipinski definition) is 10. The zero-order valence-electron chi connectivity index (χ0n) is 17.2. The van der Waals surface area contributed by atoms with Crippen LogP contribution in [-0.2, 0) is 9.47 Å². The molecule has 2 aromatic carbocycles. The van der Waals surface area contributed by atoms with Crippen molar-refractivity contribution >= 4 is 11.9 Å². The van der Waals surface area contributed by atoms with E-state index >= 15 is 0 Å². The quantitative estimate of drug-likeness (QED) is 0.603. The molecule has 0 N–H and O–H groups in total. The first kappa shape index (κ1) is 23.2. The van der Waals surface area contributed by atoms with Crippen LogP contribution in [0.15, 0.2) is 36.4 Å². The van der Waals surface area contributed by atoms with E-state index in [-0.39, 0.29) is 75.5 Å². The van der Waals surface area contributed by atoms with Gasteiger partial charge in [-0.25, -0.2) is 0 Å². The maximum Gasteiger partial charge on any atom is 0.161 e. The zero-order chi connectivity index (χ0) is 22.8. The van der Waals surface area contributed by atoms with Gasteiger partial charge in [-0.1, -0.05) is 0 Å². The molecule has 0 aliphatic carbocycles. The van der Waals surface area contributed by atoms with Crippen molar-refractivity contribution in [1.82, 2.24) is 0 Å². The number of carbonyl (C=O) groups excluding carboxylic acids is 2. The average molecular weight is 446 g/mol. The SMILES string of the molecule is O=C([O-])c1ccc2c(c1)OCCOCCOc1cc(C(=O)[O-])ccc1OCCOCCO2. The van der Waals surface area contributed by atoms with Crippen LogP contribution in [0.1, 0.15) is 20.7 Å². The van der Waals surface area contributed by atoms with Gasteiger partial charge in [0.15, 0.2) is 23.0 Å². The highest BCUT2D eigenvalue weighted by atomic mass is 16.6. The Labute approximate surface area is 184 Å². The summed E-state index contributed by atoms with van der Waals surface area (Å²) in [4.78, 5) is 22.2. The molecule has 2 aromatic rings. The second kappa shape index (κ2) is 11.8. The lowest BCUT2D eigenvalue weighted by atomic mass is 10.2. The van der Waals surface area contributed by atoms with Crippen LogP contribution in [-0.4, -0.2) is 64.8 Å². The maximum absolute atomic E-state index is 11.1. The predicted molar refractivity (Wildman–Crippen MR) is 105 cm³/mol. The van der Waals surface area contributed by atoms with Crippen LogP contribution >= 0.6 is 0 Å². The highest BCUT2D eigenvalue weighted by Gasteiger charge is 2.10. The number of rotatable bonds is 2. The fraction of sp³-hybridized carbons (Fsp3) is 0.364. The van der Waals surface area contributed by atoms with E-state index in [2.05, 4.69) is 0 Å². The molecule has 32 heavy (non-hydrogen) atoms. The van der Waals surface area contributed by atoms with Crippen molar-refractivity contribution in [1.29, 1.82) is 0 Å². The fourth-order valence-corrected chi connectivity index (χ4v) is 2.78. The Kier molecular flexibility index (Phi) is 8.52. The molecule has 0 amide bonds. The third-order valence-corrected chi connectivity index (χ3v) is 4.30. The molecule has 10 nitrogen and oxygen atoms in total. The fourth-order valence-electron chi connectivity index (χ4n) is 2.78. The Hall–Kier alpha value is -3.50. The summed E-state index contributed by atoms with van der Waals surface area (Å²) in [6.45, 7) is 1.57. The molecular formula is C22H22O10-2. The average Bonchev–Trinajstić information content (AvgIpc) is 2.78. The number of benzene rings is 2. The van der Waals surface area contributed by atoms with E-state index in [0.717, 1.165) is 0 Å².